The van der Waals surface area contributed by atoms with Gasteiger partial charge in [-0.2, -0.15) is 0 Å². The van der Waals surface area contributed by atoms with Gasteiger partial charge in [0.2, 0.25) is 0 Å². The molecule has 2 heterocycles. The second-order valence-electron chi connectivity index (χ2n) is 9.13. The van der Waals surface area contributed by atoms with Crippen molar-refractivity contribution in [3.63, 3.8) is 0 Å². The summed E-state index contributed by atoms with van der Waals surface area (Å²) in [7, 11) is 3.20. The van der Waals surface area contributed by atoms with Crippen LogP contribution >= 0.6 is 0 Å². The van der Waals surface area contributed by atoms with E-state index in [0.29, 0.717) is 34.9 Å². The van der Waals surface area contributed by atoms with Crippen LogP contribution in [0.25, 0.3) is 22.1 Å². The number of methoxy groups -OCH3 is 2. The first kappa shape index (κ1) is 24.7. The zero-order valence-electron chi connectivity index (χ0n) is 21.3. The lowest BCUT2D eigenvalue weighted by Crippen LogP contribution is -2.33. The van der Waals surface area contributed by atoms with Crippen molar-refractivity contribution in [2.75, 3.05) is 45.8 Å². The number of nitrogens with one attached hydrogen (secondary N) is 1. The average Bonchev–Trinajstić information content (AvgIpc) is 2.94. The summed E-state index contributed by atoms with van der Waals surface area (Å²) in [4.78, 5) is 15.7. The second kappa shape index (κ2) is 11.4. The summed E-state index contributed by atoms with van der Waals surface area (Å²) in [5.74, 6) is 2.15. The number of anilines is 2. The molecule has 0 radical (unpaired) electrons. The number of hydrogen-bond donors (Lipinski definition) is 1. The molecule has 1 aliphatic rings. The van der Waals surface area contributed by atoms with Crippen LogP contribution < -0.4 is 25.2 Å². The van der Waals surface area contributed by atoms with Crippen molar-refractivity contribution >= 4 is 22.3 Å². The van der Waals surface area contributed by atoms with Crippen molar-refractivity contribution in [1.29, 1.82) is 0 Å². The Balaban J connectivity index is 1.42. The Hall–Kier alpha value is -3.97. The minimum atomic E-state index is -0.439. The summed E-state index contributed by atoms with van der Waals surface area (Å²) >= 11 is 0. The molecule has 7 nitrogen and oxygen atoms in total. The summed E-state index contributed by atoms with van der Waals surface area (Å²) < 4.78 is 22.3. The molecule has 0 atom stereocenters. The van der Waals surface area contributed by atoms with Gasteiger partial charge in [-0.05, 0) is 80.0 Å². The molecular formula is C30H32N2O5. The van der Waals surface area contributed by atoms with E-state index in [1.165, 1.54) is 19.3 Å². The van der Waals surface area contributed by atoms with Crippen LogP contribution in [0.2, 0.25) is 0 Å². The van der Waals surface area contributed by atoms with Gasteiger partial charge in [0.1, 0.15) is 29.4 Å². The van der Waals surface area contributed by atoms with E-state index in [4.69, 9.17) is 18.6 Å². The van der Waals surface area contributed by atoms with Crippen molar-refractivity contribution in [3.8, 4) is 28.4 Å². The van der Waals surface area contributed by atoms with E-state index in [2.05, 4.69) is 10.2 Å². The van der Waals surface area contributed by atoms with Gasteiger partial charge in [0.25, 0.3) is 0 Å². The Morgan fingerprint density at radius 3 is 2.22 bits per heavy atom. The number of piperidine rings is 1. The lowest BCUT2D eigenvalue weighted by molar-refractivity contribution is 0.183. The summed E-state index contributed by atoms with van der Waals surface area (Å²) in [5.41, 5.74) is 2.68. The van der Waals surface area contributed by atoms with Gasteiger partial charge in [-0.3, -0.25) is 4.90 Å². The highest BCUT2D eigenvalue weighted by Crippen LogP contribution is 2.36. The quantitative estimate of drug-likeness (QED) is 0.279. The molecule has 0 saturated carbocycles. The van der Waals surface area contributed by atoms with Crippen molar-refractivity contribution in [1.82, 2.24) is 4.90 Å². The van der Waals surface area contributed by atoms with Crippen LogP contribution in [0.4, 0.5) is 11.4 Å². The molecule has 0 amide bonds. The predicted molar refractivity (Wildman–Crippen MR) is 147 cm³/mol. The maximum Gasteiger partial charge on any atom is 0.346 e. The van der Waals surface area contributed by atoms with Gasteiger partial charge in [0, 0.05) is 23.7 Å². The summed E-state index contributed by atoms with van der Waals surface area (Å²) in [6.07, 6.45) is 3.88. The maximum absolute atomic E-state index is 13.2. The number of benzene rings is 3. The first-order chi connectivity index (χ1) is 18.1. The van der Waals surface area contributed by atoms with Crippen LogP contribution in [0.1, 0.15) is 19.3 Å². The van der Waals surface area contributed by atoms with Gasteiger partial charge < -0.3 is 23.9 Å². The number of hydrogen-bond acceptors (Lipinski definition) is 7. The standard InChI is InChI=1S/C30H32N2O5/c1-34-23-10-6-21(7-11-23)28-29(26-15-14-25(35-2)20-27(26)37-30(28)33)31-22-8-12-24(13-9-22)36-19-18-32-16-4-3-5-17-32/h6-15,20,31H,3-5,16-19H2,1-2H3. The molecule has 0 bridgehead atoms. The molecule has 0 spiro atoms. The van der Waals surface area contributed by atoms with E-state index in [-0.39, 0.29) is 0 Å². The minimum absolute atomic E-state index is 0.439. The third kappa shape index (κ3) is 5.73. The van der Waals surface area contributed by atoms with Crippen molar-refractivity contribution in [2.45, 2.75) is 19.3 Å². The number of fused-ring (bicyclic) bond motifs is 1. The molecule has 1 aromatic heterocycles. The van der Waals surface area contributed by atoms with Crippen molar-refractivity contribution < 1.29 is 18.6 Å². The van der Waals surface area contributed by atoms with E-state index in [1.807, 2.05) is 60.7 Å². The number of ether oxygens (including phenoxy) is 3. The molecule has 5 rings (SSSR count). The molecule has 0 aliphatic carbocycles. The SMILES string of the molecule is COc1ccc(-c2c(Nc3ccc(OCCN4CCCCC4)cc3)c3ccc(OC)cc3oc2=O)cc1. The molecule has 37 heavy (non-hydrogen) atoms. The average molecular weight is 501 g/mol. The molecular weight excluding hydrogens is 468 g/mol. The van der Waals surface area contributed by atoms with Crippen LogP contribution in [0, 0.1) is 0 Å². The Morgan fingerprint density at radius 2 is 1.51 bits per heavy atom. The Labute approximate surface area is 216 Å². The fourth-order valence-corrected chi connectivity index (χ4v) is 4.71. The van der Waals surface area contributed by atoms with Crippen LogP contribution in [0.3, 0.4) is 0 Å². The first-order valence-corrected chi connectivity index (χ1v) is 12.7. The molecule has 192 valence electrons. The van der Waals surface area contributed by atoms with Gasteiger partial charge in [-0.1, -0.05) is 18.6 Å². The normalized spacial score (nSPS) is 13.9. The van der Waals surface area contributed by atoms with Crippen LogP contribution in [0.5, 0.6) is 17.2 Å². The molecule has 1 N–H and O–H groups in total. The van der Waals surface area contributed by atoms with Gasteiger partial charge in [0.05, 0.1) is 25.5 Å². The molecule has 3 aromatic carbocycles. The Morgan fingerprint density at radius 1 is 0.838 bits per heavy atom. The zero-order valence-corrected chi connectivity index (χ0v) is 21.3. The number of rotatable bonds is 9. The van der Waals surface area contributed by atoms with E-state index >= 15 is 0 Å². The van der Waals surface area contributed by atoms with Crippen LogP contribution in [0.15, 0.2) is 75.9 Å². The monoisotopic (exact) mass is 500 g/mol. The van der Waals surface area contributed by atoms with E-state index in [1.54, 1.807) is 20.3 Å². The van der Waals surface area contributed by atoms with E-state index < -0.39 is 5.63 Å². The maximum atomic E-state index is 13.2. The smallest absolute Gasteiger partial charge is 0.346 e. The van der Waals surface area contributed by atoms with Crippen LogP contribution in [-0.2, 0) is 0 Å². The fourth-order valence-electron chi connectivity index (χ4n) is 4.71. The second-order valence-corrected chi connectivity index (χ2v) is 9.13. The third-order valence-corrected chi connectivity index (χ3v) is 6.74. The van der Waals surface area contributed by atoms with Gasteiger partial charge in [0.15, 0.2) is 0 Å². The molecule has 1 saturated heterocycles. The Kier molecular flexibility index (Phi) is 7.61. The largest absolute Gasteiger partial charge is 0.497 e. The highest BCUT2D eigenvalue weighted by atomic mass is 16.5. The van der Waals surface area contributed by atoms with Gasteiger partial charge in [-0.15, -0.1) is 0 Å². The number of nitrogens with zero attached hydrogens (tertiary/aromatic N) is 1. The Bertz CT molecular complexity index is 1390. The molecule has 0 unspecified atom stereocenters. The number of likely N-dealkylation sites (tertiary alicyclic amines) is 1. The predicted octanol–water partition coefficient (Wildman–Crippen LogP) is 6.09. The minimum Gasteiger partial charge on any atom is -0.497 e. The highest BCUT2D eigenvalue weighted by Gasteiger charge is 2.18. The molecule has 4 aromatic rings. The summed E-state index contributed by atoms with van der Waals surface area (Å²) in [6, 6.07) is 20.6. The van der Waals surface area contributed by atoms with Crippen LogP contribution in [-0.4, -0.2) is 45.4 Å². The van der Waals surface area contributed by atoms with Gasteiger partial charge in [-0.25, -0.2) is 4.79 Å². The molecule has 1 fully saturated rings. The lowest BCUT2D eigenvalue weighted by Gasteiger charge is -2.26. The zero-order chi connectivity index (χ0) is 25.6. The highest BCUT2D eigenvalue weighted by molar-refractivity contribution is 6.00. The van der Waals surface area contributed by atoms with Crippen molar-refractivity contribution in [2.24, 2.45) is 0 Å². The topological polar surface area (TPSA) is 73.2 Å². The first-order valence-electron chi connectivity index (χ1n) is 12.7. The lowest BCUT2D eigenvalue weighted by atomic mass is 10.0. The molecule has 7 heteroatoms. The fraction of sp³-hybridized carbons (Fsp3) is 0.300. The summed E-state index contributed by atoms with van der Waals surface area (Å²) in [5, 5.41) is 4.23. The van der Waals surface area contributed by atoms with Gasteiger partial charge >= 0.3 is 5.63 Å². The van der Waals surface area contributed by atoms with Crippen molar-refractivity contribution in [3.05, 3.63) is 77.2 Å². The molecule has 1 aliphatic heterocycles. The van der Waals surface area contributed by atoms with E-state index in [9.17, 15) is 4.79 Å². The van der Waals surface area contributed by atoms with E-state index in [0.717, 1.165) is 42.0 Å². The summed E-state index contributed by atoms with van der Waals surface area (Å²) in [6.45, 7) is 3.93. The third-order valence-electron chi connectivity index (χ3n) is 6.74.